The molecule has 0 saturated heterocycles. The fourth-order valence-corrected chi connectivity index (χ4v) is 0.896. The maximum atomic E-state index is 11.1. The van der Waals surface area contributed by atoms with E-state index in [1.165, 1.54) is 0 Å². The third-order valence-corrected chi connectivity index (χ3v) is 1.59. The molecule has 0 atom stereocenters. The Bertz CT molecular complexity index is 354. The van der Waals surface area contributed by atoms with E-state index >= 15 is 0 Å². The fourth-order valence-electron chi connectivity index (χ4n) is 0.896. The second kappa shape index (κ2) is 3.38. The van der Waals surface area contributed by atoms with Gasteiger partial charge >= 0.3 is 0 Å². The van der Waals surface area contributed by atoms with Crippen LogP contribution >= 0.6 is 0 Å². The van der Waals surface area contributed by atoms with Crippen LogP contribution in [-0.4, -0.2) is 16.7 Å². The zero-order chi connectivity index (χ0) is 10.0. The number of carbonyl (C=O) groups excluding carboxylic acids is 2. The minimum Gasteiger partial charge on any atom is -0.438 e. The number of ketones is 1. The standard InChI is InChI=1S/C8H10N2O3/c1-3-5(11)8-10-6(7(9)12)4(2)13-8/h3H2,1-2H3,(H2,9,12). The van der Waals surface area contributed by atoms with E-state index in [-0.39, 0.29) is 29.5 Å². The first-order chi connectivity index (χ1) is 6.06. The van der Waals surface area contributed by atoms with Crippen molar-refractivity contribution in [3.8, 4) is 0 Å². The Morgan fingerprint density at radius 3 is 2.54 bits per heavy atom. The van der Waals surface area contributed by atoms with Gasteiger partial charge in [0.1, 0.15) is 5.76 Å². The zero-order valence-electron chi connectivity index (χ0n) is 7.46. The van der Waals surface area contributed by atoms with Gasteiger partial charge in [0.05, 0.1) is 0 Å². The van der Waals surface area contributed by atoms with E-state index in [0.29, 0.717) is 0 Å². The van der Waals surface area contributed by atoms with E-state index in [4.69, 9.17) is 10.2 Å². The number of aryl methyl sites for hydroxylation is 1. The van der Waals surface area contributed by atoms with E-state index < -0.39 is 5.91 Å². The highest BCUT2D eigenvalue weighted by atomic mass is 16.4. The maximum absolute atomic E-state index is 11.1. The van der Waals surface area contributed by atoms with Crippen LogP contribution in [0, 0.1) is 6.92 Å². The number of oxazole rings is 1. The lowest BCUT2D eigenvalue weighted by atomic mass is 10.3. The summed E-state index contributed by atoms with van der Waals surface area (Å²) < 4.78 is 4.97. The summed E-state index contributed by atoms with van der Waals surface area (Å²) >= 11 is 0. The summed E-state index contributed by atoms with van der Waals surface area (Å²) in [4.78, 5) is 25.5. The molecule has 70 valence electrons. The number of nitrogens with zero attached hydrogens (tertiary/aromatic N) is 1. The van der Waals surface area contributed by atoms with Gasteiger partial charge in [-0.15, -0.1) is 0 Å². The summed E-state index contributed by atoms with van der Waals surface area (Å²) in [6, 6.07) is 0. The highest BCUT2D eigenvalue weighted by Gasteiger charge is 2.17. The Kier molecular flexibility index (Phi) is 2.46. The molecule has 13 heavy (non-hydrogen) atoms. The van der Waals surface area contributed by atoms with E-state index in [1.807, 2.05) is 0 Å². The van der Waals surface area contributed by atoms with Crippen LogP contribution in [0.5, 0.6) is 0 Å². The normalized spacial score (nSPS) is 10.0. The van der Waals surface area contributed by atoms with Gasteiger partial charge in [0.25, 0.3) is 11.8 Å². The number of rotatable bonds is 3. The van der Waals surface area contributed by atoms with Crippen molar-refractivity contribution in [2.45, 2.75) is 20.3 Å². The van der Waals surface area contributed by atoms with Crippen LogP contribution in [0.25, 0.3) is 0 Å². The molecule has 0 unspecified atom stereocenters. The van der Waals surface area contributed by atoms with Crippen molar-refractivity contribution in [3.63, 3.8) is 0 Å². The number of nitrogens with two attached hydrogens (primary N) is 1. The number of hydrogen-bond donors (Lipinski definition) is 1. The summed E-state index contributed by atoms with van der Waals surface area (Å²) in [6.45, 7) is 3.23. The second-order valence-electron chi connectivity index (χ2n) is 2.56. The quantitative estimate of drug-likeness (QED) is 0.696. The van der Waals surface area contributed by atoms with Crippen molar-refractivity contribution in [1.29, 1.82) is 0 Å². The van der Waals surface area contributed by atoms with Crippen molar-refractivity contribution in [1.82, 2.24) is 4.98 Å². The number of Topliss-reactive ketones (excluding diaryl/α,β-unsaturated/α-hetero) is 1. The Morgan fingerprint density at radius 1 is 1.54 bits per heavy atom. The van der Waals surface area contributed by atoms with Gasteiger partial charge in [0.2, 0.25) is 5.78 Å². The summed E-state index contributed by atoms with van der Waals surface area (Å²) in [7, 11) is 0. The summed E-state index contributed by atoms with van der Waals surface area (Å²) in [6.07, 6.45) is 0.290. The van der Waals surface area contributed by atoms with Crippen molar-refractivity contribution >= 4 is 11.7 Å². The average molecular weight is 182 g/mol. The average Bonchev–Trinajstić information content (AvgIpc) is 2.46. The first-order valence-electron chi connectivity index (χ1n) is 3.86. The SMILES string of the molecule is CCC(=O)c1nc(C(N)=O)c(C)o1. The highest BCUT2D eigenvalue weighted by Crippen LogP contribution is 2.10. The third kappa shape index (κ3) is 1.74. The van der Waals surface area contributed by atoms with E-state index in [0.717, 1.165) is 0 Å². The van der Waals surface area contributed by atoms with Crippen molar-refractivity contribution in [3.05, 3.63) is 17.3 Å². The van der Waals surface area contributed by atoms with Crippen LogP contribution in [0.4, 0.5) is 0 Å². The fraction of sp³-hybridized carbons (Fsp3) is 0.375. The number of primary amides is 1. The molecule has 0 radical (unpaired) electrons. The Hall–Kier alpha value is -1.65. The van der Waals surface area contributed by atoms with E-state index in [1.54, 1.807) is 13.8 Å². The zero-order valence-corrected chi connectivity index (χ0v) is 7.46. The first-order valence-corrected chi connectivity index (χ1v) is 3.86. The smallest absolute Gasteiger partial charge is 0.270 e. The lowest BCUT2D eigenvalue weighted by molar-refractivity contribution is 0.0953. The summed E-state index contributed by atoms with van der Waals surface area (Å²) in [5, 5.41) is 0. The number of carbonyl (C=O) groups is 2. The van der Waals surface area contributed by atoms with Crippen LogP contribution in [0.3, 0.4) is 0 Å². The predicted molar refractivity (Wildman–Crippen MR) is 44.4 cm³/mol. The molecule has 0 aliphatic heterocycles. The molecule has 1 aromatic heterocycles. The highest BCUT2D eigenvalue weighted by molar-refractivity contribution is 5.95. The molecular weight excluding hydrogens is 172 g/mol. The molecular formula is C8H10N2O3. The molecule has 5 nitrogen and oxygen atoms in total. The lowest BCUT2D eigenvalue weighted by Gasteiger charge is -1.85. The van der Waals surface area contributed by atoms with Crippen LogP contribution in [0.15, 0.2) is 4.42 Å². The van der Waals surface area contributed by atoms with Gasteiger partial charge in [-0.3, -0.25) is 9.59 Å². The van der Waals surface area contributed by atoms with Gasteiger partial charge in [-0.2, -0.15) is 0 Å². The van der Waals surface area contributed by atoms with Gasteiger partial charge in [-0.1, -0.05) is 6.92 Å². The molecule has 1 heterocycles. The maximum Gasteiger partial charge on any atom is 0.270 e. The van der Waals surface area contributed by atoms with Crippen molar-refractivity contribution in [2.75, 3.05) is 0 Å². The second-order valence-corrected chi connectivity index (χ2v) is 2.56. The predicted octanol–water partition coefficient (Wildman–Crippen LogP) is 0.675. The van der Waals surface area contributed by atoms with Crippen LogP contribution in [0.2, 0.25) is 0 Å². The van der Waals surface area contributed by atoms with Gasteiger partial charge in [-0.05, 0) is 6.92 Å². The minimum atomic E-state index is -0.684. The number of aromatic nitrogens is 1. The molecule has 0 saturated carbocycles. The van der Waals surface area contributed by atoms with Crippen molar-refractivity contribution in [2.24, 2.45) is 5.73 Å². The Morgan fingerprint density at radius 2 is 2.15 bits per heavy atom. The molecule has 1 amide bonds. The van der Waals surface area contributed by atoms with Crippen molar-refractivity contribution < 1.29 is 14.0 Å². The molecule has 0 aliphatic rings. The number of hydrogen-bond acceptors (Lipinski definition) is 4. The molecule has 5 heteroatoms. The van der Waals surface area contributed by atoms with Gasteiger partial charge in [-0.25, -0.2) is 4.98 Å². The van der Waals surface area contributed by atoms with Crippen LogP contribution in [0.1, 0.15) is 40.3 Å². The Labute approximate surface area is 74.9 Å². The molecule has 1 rings (SSSR count). The molecule has 0 aromatic carbocycles. The van der Waals surface area contributed by atoms with Gasteiger partial charge < -0.3 is 10.2 Å². The third-order valence-electron chi connectivity index (χ3n) is 1.59. The molecule has 0 bridgehead atoms. The monoisotopic (exact) mass is 182 g/mol. The van der Waals surface area contributed by atoms with E-state index in [2.05, 4.69) is 4.98 Å². The van der Waals surface area contributed by atoms with Crippen LogP contribution < -0.4 is 5.73 Å². The molecule has 0 spiro atoms. The van der Waals surface area contributed by atoms with Gasteiger partial charge in [0, 0.05) is 6.42 Å². The molecule has 0 aliphatic carbocycles. The first kappa shape index (κ1) is 9.44. The molecule has 1 aromatic rings. The molecule has 0 fully saturated rings. The largest absolute Gasteiger partial charge is 0.438 e. The lowest BCUT2D eigenvalue weighted by Crippen LogP contribution is -2.13. The number of amides is 1. The minimum absolute atomic E-state index is 0.0248. The molecule has 2 N–H and O–H groups in total. The van der Waals surface area contributed by atoms with Gasteiger partial charge in [0.15, 0.2) is 5.69 Å². The topological polar surface area (TPSA) is 86.2 Å². The summed E-state index contributed by atoms with van der Waals surface area (Å²) in [5.41, 5.74) is 5.02. The van der Waals surface area contributed by atoms with Crippen LogP contribution in [-0.2, 0) is 0 Å². The Balaban J connectivity index is 3.09. The summed E-state index contributed by atoms with van der Waals surface area (Å²) in [5.74, 6) is -0.690. The van der Waals surface area contributed by atoms with E-state index in [9.17, 15) is 9.59 Å².